The molecule has 0 aliphatic carbocycles. The summed E-state index contributed by atoms with van der Waals surface area (Å²) in [5.74, 6) is -0.562. The van der Waals surface area contributed by atoms with Crippen LogP contribution >= 0.6 is 23.2 Å². The van der Waals surface area contributed by atoms with E-state index in [9.17, 15) is 9.59 Å². The van der Waals surface area contributed by atoms with Crippen LogP contribution in [0.4, 0.5) is 0 Å². The van der Waals surface area contributed by atoms with Crippen molar-refractivity contribution in [3.8, 4) is 5.75 Å². The van der Waals surface area contributed by atoms with E-state index in [1.165, 1.54) is 6.07 Å². The van der Waals surface area contributed by atoms with Crippen LogP contribution in [0, 0.1) is 0 Å². The number of rotatable bonds is 8. The molecule has 0 saturated heterocycles. The molecule has 0 spiro atoms. The number of benzene rings is 2. The second-order valence-electron chi connectivity index (χ2n) is 5.64. The molecule has 1 atom stereocenters. The fourth-order valence-electron chi connectivity index (χ4n) is 2.13. The molecule has 2 rings (SSSR count). The van der Waals surface area contributed by atoms with E-state index in [0.29, 0.717) is 17.3 Å². The van der Waals surface area contributed by atoms with E-state index in [2.05, 4.69) is 5.32 Å². The molecule has 1 N–H and O–H groups in total. The zero-order valence-corrected chi connectivity index (χ0v) is 15.7. The molecule has 2 aromatic carbocycles. The van der Waals surface area contributed by atoms with Gasteiger partial charge in [0, 0.05) is 11.6 Å². The fourth-order valence-corrected chi connectivity index (χ4v) is 2.60. The molecule has 26 heavy (non-hydrogen) atoms. The number of hydrogen-bond donors (Lipinski definition) is 1. The van der Waals surface area contributed by atoms with E-state index in [1.807, 2.05) is 37.3 Å². The Morgan fingerprint density at radius 3 is 2.50 bits per heavy atom. The quantitative estimate of drug-likeness (QED) is 0.689. The van der Waals surface area contributed by atoms with Crippen LogP contribution in [0.5, 0.6) is 5.75 Å². The molecule has 0 heterocycles. The van der Waals surface area contributed by atoms with Gasteiger partial charge < -0.3 is 14.8 Å². The highest BCUT2D eigenvalue weighted by Gasteiger charge is 2.11. The van der Waals surface area contributed by atoms with Crippen LogP contribution in [-0.4, -0.2) is 31.6 Å². The Kier molecular flexibility index (Phi) is 7.75. The standard InChI is InChI=1S/C19H19Cl2NO4/c1-13(14-5-3-2-4-6-14)10-22-18(23)11-26-19(24)12-25-17-8-7-15(20)9-16(17)21/h2-9,13H,10-12H2,1H3,(H,22,23)/t13-/m1/s1. The number of nitrogens with one attached hydrogen (secondary N) is 1. The first-order chi connectivity index (χ1) is 12.5. The molecule has 0 unspecified atom stereocenters. The van der Waals surface area contributed by atoms with Crippen LogP contribution < -0.4 is 10.1 Å². The average molecular weight is 396 g/mol. The van der Waals surface area contributed by atoms with Gasteiger partial charge in [0.25, 0.3) is 5.91 Å². The lowest BCUT2D eigenvalue weighted by Gasteiger charge is -2.13. The summed E-state index contributed by atoms with van der Waals surface area (Å²) in [6, 6.07) is 14.5. The second-order valence-corrected chi connectivity index (χ2v) is 6.48. The minimum Gasteiger partial charge on any atom is -0.480 e. The van der Waals surface area contributed by atoms with E-state index in [4.69, 9.17) is 32.7 Å². The Bertz CT molecular complexity index is 752. The van der Waals surface area contributed by atoms with Gasteiger partial charge in [-0.05, 0) is 29.7 Å². The van der Waals surface area contributed by atoms with Crippen molar-refractivity contribution in [3.05, 3.63) is 64.1 Å². The van der Waals surface area contributed by atoms with Gasteiger partial charge in [-0.15, -0.1) is 0 Å². The Hall–Kier alpha value is -2.24. The molecule has 0 aliphatic rings. The number of ether oxygens (including phenoxy) is 2. The predicted molar refractivity (Wildman–Crippen MR) is 101 cm³/mol. The smallest absolute Gasteiger partial charge is 0.344 e. The summed E-state index contributed by atoms with van der Waals surface area (Å²) in [5, 5.41) is 3.49. The summed E-state index contributed by atoms with van der Waals surface area (Å²) < 4.78 is 10.1. The lowest BCUT2D eigenvalue weighted by atomic mass is 10.0. The van der Waals surface area contributed by atoms with E-state index in [0.717, 1.165) is 5.56 Å². The molecule has 7 heteroatoms. The number of carbonyl (C=O) groups is 2. The van der Waals surface area contributed by atoms with Crippen molar-refractivity contribution in [2.75, 3.05) is 19.8 Å². The summed E-state index contributed by atoms with van der Waals surface area (Å²) in [7, 11) is 0. The van der Waals surface area contributed by atoms with Crippen molar-refractivity contribution >= 4 is 35.1 Å². The minimum absolute atomic E-state index is 0.159. The van der Waals surface area contributed by atoms with Gasteiger partial charge in [-0.25, -0.2) is 4.79 Å². The molecule has 1 amide bonds. The Balaban J connectivity index is 1.67. The molecule has 0 bridgehead atoms. The summed E-state index contributed by atoms with van der Waals surface area (Å²) in [4.78, 5) is 23.4. The maximum absolute atomic E-state index is 11.8. The molecular formula is C19H19Cl2NO4. The van der Waals surface area contributed by atoms with Gasteiger partial charge in [0.15, 0.2) is 13.2 Å². The van der Waals surface area contributed by atoms with Crippen molar-refractivity contribution in [2.24, 2.45) is 0 Å². The Labute approximate surface area is 162 Å². The summed E-state index contributed by atoms with van der Waals surface area (Å²) >= 11 is 11.7. The highest BCUT2D eigenvalue weighted by atomic mass is 35.5. The van der Waals surface area contributed by atoms with Crippen molar-refractivity contribution in [3.63, 3.8) is 0 Å². The number of esters is 1. The van der Waals surface area contributed by atoms with Crippen LogP contribution in [0.2, 0.25) is 10.0 Å². The third kappa shape index (κ3) is 6.58. The SMILES string of the molecule is C[C@H](CNC(=O)COC(=O)COc1ccc(Cl)cc1Cl)c1ccccc1. The highest BCUT2D eigenvalue weighted by Crippen LogP contribution is 2.27. The molecule has 0 radical (unpaired) electrons. The molecule has 2 aromatic rings. The molecular weight excluding hydrogens is 377 g/mol. The number of hydrogen-bond acceptors (Lipinski definition) is 4. The first kappa shape index (κ1) is 20.1. The number of amides is 1. The first-order valence-electron chi connectivity index (χ1n) is 8.01. The maximum Gasteiger partial charge on any atom is 0.344 e. The number of halogens is 2. The van der Waals surface area contributed by atoms with Crippen LogP contribution in [0.1, 0.15) is 18.4 Å². The largest absolute Gasteiger partial charge is 0.480 e. The Morgan fingerprint density at radius 1 is 1.08 bits per heavy atom. The zero-order valence-electron chi connectivity index (χ0n) is 14.2. The van der Waals surface area contributed by atoms with Crippen LogP contribution in [-0.2, 0) is 14.3 Å². The third-order valence-corrected chi connectivity index (χ3v) is 4.11. The topological polar surface area (TPSA) is 64.6 Å². The predicted octanol–water partition coefficient (Wildman–Crippen LogP) is 3.84. The van der Waals surface area contributed by atoms with Crippen LogP contribution in [0.3, 0.4) is 0 Å². The van der Waals surface area contributed by atoms with Gasteiger partial charge >= 0.3 is 5.97 Å². The second kappa shape index (κ2) is 10.0. The maximum atomic E-state index is 11.8. The minimum atomic E-state index is -0.665. The normalized spacial score (nSPS) is 11.5. The lowest BCUT2D eigenvalue weighted by molar-refractivity contribution is -0.150. The molecule has 0 fully saturated rings. The molecule has 138 valence electrons. The zero-order chi connectivity index (χ0) is 18.9. The summed E-state index contributed by atoms with van der Waals surface area (Å²) in [5.41, 5.74) is 1.12. The van der Waals surface area contributed by atoms with Crippen molar-refractivity contribution in [1.29, 1.82) is 0 Å². The van der Waals surface area contributed by atoms with E-state index in [1.54, 1.807) is 12.1 Å². The van der Waals surface area contributed by atoms with Crippen LogP contribution in [0.25, 0.3) is 0 Å². The van der Waals surface area contributed by atoms with Gasteiger partial charge in [-0.2, -0.15) is 0 Å². The van der Waals surface area contributed by atoms with Gasteiger partial charge in [0.1, 0.15) is 5.75 Å². The summed E-state index contributed by atoms with van der Waals surface area (Å²) in [6.07, 6.45) is 0. The lowest BCUT2D eigenvalue weighted by Crippen LogP contribution is -2.32. The van der Waals surface area contributed by atoms with Crippen molar-refractivity contribution in [2.45, 2.75) is 12.8 Å². The van der Waals surface area contributed by atoms with Gasteiger partial charge in [-0.3, -0.25) is 4.79 Å². The highest BCUT2D eigenvalue weighted by molar-refractivity contribution is 6.35. The summed E-state index contributed by atoms with van der Waals surface area (Å²) in [6.45, 7) is 1.75. The van der Waals surface area contributed by atoms with Gasteiger partial charge in [0.2, 0.25) is 0 Å². The van der Waals surface area contributed by atoms with E-state index in [-0.39, 0.29) is 30.1 Å². The van der Waals surface area contributed by atoms with Crippen molar-refractivity contribution < 1.29 is 19.1 Å². The molecule has 0 aromatic heterocycles. The molecule has 5 nitrogen and oxygen atoms in total. The molecule has 0 saturated carbocycles. The van der Waals surface area contributed by atoms with E-state index < -0.39 is 5.97 Å². The third-order valence-electron chi connectivity index (χ3n) is 3.58. The number of carbonyl (C=O) groups excluding carboxylic acids is 2. The average Bonchev–Trinajstić information content (AvgIpc) is 2.64. The first-order valence-corrected chi connectivity index (χ1v) is 8.76. The monoisotopic (exact) mass is 395 g/mol. The van der Waals surface area contributed by atoms with Gasteiger partial charge in [0.05, 0.1) is 5.02 Å². The molecule has 0 aliphatic heterocycles. The van der Waals surface area contributed by atoms with E-state index >= 15 is 0 Å². The Morgan fingerprint density at radius 2 is 1.81 bits per heavy atom. The van der Waals surface area contributed by atoms with Crippen LogP contribution in [0.15, 0.2) is 48.5 Å². The fraction of sp³-hybridized carbons (Fsp3) is 0.263. The van der Waals surface area contributed by atoms with Crippen molar-refractivity contribution in [1.82, 2.24) is 5.32 Å². The van der Waals surface area contributed by atoms with Gasteiger partial charge in [-0.1, -0.05) is 60.5 Å².